The van der Waals surface area contributed by atoms with Crippen molar-refractivity contribution in [2.75, 3.05) is 0 Å². The quantitative estimate of drug-likeness (QED) is 0.595. The molecule has 0 N–H and O–H groups in total. The Morgan fingerprint density at radius 2 is 1.41 bits per heavy atom. The highest BCUT2D eigenvalue weighted by molar-refractivity contribution is 8.14. The summed E-state index contributed by atoms with van der Waals surface area (Å²) in [4.78, 5) is 12.9. The van der Waals surface area contributed by atoms with E-state index >= 15 is 0 Å². The number of rotatable bonds is 3. The zero-order valence-electron chi connectivity index (χ0n) is 9.30. The van der Waals surface area contributed by atoms with Gasteiger partial charge < -0.3 is 0 Å². The second-order valence-electron chi connectivity index (χ2n) is 3.55. The Morgan fingerprint density at radius 3 is 2.00 bits per heavy atom. The van der Waals surface area contributed by atoms with Gasteiger partial charge in [0, 0.05) is 10.5 Å². The Balaban J connectivity index is 2.09. The minimum Gasteiger partial charge on any atom is -0.281 e. The van der Waals surface area contributed by atoms with E-state index in [4.69, 9.17) is 0 Å². The predicted molar refractivity (Wildman–Crippen MR) is 72.8 cm³/mol. The number of hydrogen-bond acceptors (Lipinski definition) is 2. The van der Waals surface area contributed by atoms with Crippen LogP contribution in [0.4, 0.5) is 0 Å². The SMILES string of the molecule is C=C(C(=O)Sc1ccccc1)c1ccccc1. The molecule has 0 fully saturated rings. The van der Waals surface area contributed by atoms with Gasteiger partial charge in [0.05, 0.1) is 0 Å². The van der Waals surface area contributed by atoms with Crippen molar-refractivity contribution in [1.29, 1.82) is 0 Å². The molecule has 0 aromatic heterocycles. The minimum absolute atomic E-state index is 0.0117. The van der Waals surface area contributed by atoms with Gasteiger partial charge in [-0.1, -0.05) is 55.1 Å². The number of thioether (sulfide) groups is 1. The highest BCUT2D eigenvalue weighted by Gasteiger charge is 2.10. The molecule has 0 atom stereocenters. The van der Waals surface area contributed by atoms with Crippen LogP contribution in [0.2, 0.25) is 0 Å². The van der Waals surface area contributed by atoms with Crippen LogP contribution in [0, 0.1) is 0 Å². The van der Waals surface area contributed by atoms with Gasteiger partial charge in [-0.15, -0.1) is 0 Å². The topological polar surface area (TPSA) is 17.1 Å². The molecule has 0 saturated carbocycles. The van der Waals surface area contributed by atoms with Crippen LogP contribution in [0.1, 0.15) is 5.56 Å². The zero-order valence-corrected chi connectivity index (χ0v) is 10.1. The summed E-state index contributed by atoms with van der Waals surface area (Å²) in [5, 5.41) is -0.0117. The maximum Gasteiger partial charge on any atom is 0.224 e. The summed E-state index contributed by atoms with van der Waals surface area (Å²) in [6, 6.07) is 19.1. The fraction of sp³-hybridized carbons (Fsp3) is 0. The van der Waals surface area contributed by atoms with Crippen LogP contribution in [0.15, 0.2) is 72.1 Å². The summed E-state index contributed by atoms with van der Waals surface area (Å²) in [6.45, 7) is 3.85. The minimum atomic E-state index is -0.0117. The average molecular weight is 240 g/mol. The average Bonchev–Trinajstić information content (AvgIpc) is 2.40. The molecule has 2 aromatic carbocycles. The molecule has 1 nitrogen and oxygen atoms in total. The molecule has 0 radical (unpaired) electrons. The van der Waals surface area contributed by atoms with Gasteiger partial charge in [-0.05, 0) is 29.5 Å². The van der Waals surface area contributed by atoms with Crippen LogP contribution in [0.5, 0.6) is 0 Å². The molecule has 2 heteroatoms. The van der Waals surface area contributed by atoms with Gasteiger partial charge in [0.15, 0.2) is 0 Å². The Hall–Kier alpha value is -1.80. The summed E-state index contributed by atoms with van der Waals surface area (Å²) in [7, 11) is 0. The first-order valence-corrected chi connectivity index (χ1v) is 6.10. The first kappa shape index (κ1) is 11.7. The molecule has 0 amide bonds. The summed E-state index contributed by atoms with van der Waals surface area (Å²) in [6.07, 6.45) is 0. The van der Waals surface area contributed by atoms with E-state index < -0.39 is 0 Å². The molecular weight excluding hydrogens is 228 g/mol. The van der Waals surface area contributed by atoms with Gasteiger partial charge in [-0.3, -0.25) is 4.79 Å². The Bertz CT molecular complexity index is 517. The summed E-state index contributed by atoms with van der Waals surface area (Å²) < 4.78 is 0. The molecule has 17 heavy (non-hydrogen) atoms. The lowest BCUT2D eigenvalue weighted by atomic mass is 10.1. The lowest BCUT2D eigenvalue weighted by Gasteiger charge is -2.04. The van der Waals surface area contributed by atoms with Crippen molar-refractivity contribution < 1.29 is 4.79 Å². The molecule has 0 bridgehead atoms. The van der Waals surface area contributed by atoms with Crippen molar-refractivity contribution in [2.24, 2.45) is 0 Å². The molecule has 0 heterocycles. The van der Waals surface area contributed by atoms with E-state index in [2.05, 4.69) is 6.58 Å². The molecular formula is C15H12OS. The summed E-state index contributed by atoms with van der Waals surface area (Å²) in [5.41, 5.74) is 1.42. The van der Waals surface area contributed by atoms with Gasteiger partial charge in [-0.25, -0.2) is 0 Å². The van der Waals surface area contributed by atoms with E-state index in [1.165, 1.54) is 11.8 Å². The van der Waals surface area contributed by atoms with Crippen molar-refractivity contribution in [1.82, 2.24) is 0 Å². The maximum atomic E-state index is 12.0. The normalized spacial score (nSPS) is 9.88. The lowest BCUT2D eigenvalue weighted by Crippen LogP contribution is -1.94. The van der Waals surface area contributed by atoms with Crippen LogP contribution in [-0.4, -0.2) is 5.12 Å². The molecule has 0 saturated heterocycles. The van der Waals surface area contributed by atoms with E-state index in [9.17, 15) is 4.79 Å². The smallest absolute Gasteiger partial charge is 0.224 e. The standard InChI is InChI=1S/C15H12OS/c1-12(13-8-4-2-5-9-13)15(16)17-14-10-6-3-7-11-14/h2-11H,1H2. The largest absolute Gasteiger partial charge is 0.281 e. The second kappa shape index (κ2) is 5.51. The second-order valence-corrected chi connectivity index (χ2v) is 4.59. The molecule has 0 aliphatic heterocycles. The molecule has 0 aliphatic carbocycles. The van der Waals surface area contributed by atoms with Gasteiger partial charge in [0.25, 0.3) is 0 Å². The predicted octanol–water partition coefficient (Wildman–Crippen LogP) is 4.02. The van der Waals surface area contributed by atoms with Crippen LogP contribution in [-0.2, 0) is 4.79 Å². The summed E-state index contributed by atoms with van der Waals surface area (Å²) >= 11 is 1.21. The maximum absolute atomic E-state index is 12.0. The number of benzene rings is 2. The van der Waals surface area contributed by atoms with E-state index in [1.54, 1.807) is 0 Å². The highest BCUT2D eigenvalue weighted by Crippen LogP contribution is 2.25. The molecule has 2 rings (SSSR count). The molecule has 84 valence electrons. The van der Waals surface area contributed by atoms with E-state index in [0.717, 1.165) is 10.5 Å². The van der Waals surface area contributed by atoms with Crippen LogP contribution >= 0.6 is 11.8 Å². The third-order valence-corrected chi connectivity index (χ3v) is 3.26. The monoisotopic (exact) mass is 240 g/mol. The Kier molecular flexibility index (Phi) is 3.78. The molecule has 0 spiro atoms. The number of hydrogen-bond donors (Lipinski definition) is 0. The van der Waals surface area contributed by atoms with Crippen LogP contribution < -0.4 is 0 Å². The highest BCUT2D eigenvalue weighted by atomic mass is 32.2. The first-order valence-electron chi connectivity index (χ1n) is 5.29. The van der Waals surface area contributed by atoms with E-state index in [-0.39, 0.29) is 5.12 Å². The fourth-order valence-corrected chi connectivity index (χ4v) is 2.16. The van der Waals surface area contributed by atoms with E-state index in [1.807, 2.05) is 60.7 Å². The van der Waals surface area contributed by atoms with Gasteiger partial charge >= 0.3 is 0 Å². The Morgan fingerprint density at radius 1 is 0.882 bits per heavy atom. The number of carbonyl (C=O) groups excluding carboxylic acids is 1. The van der Waals surface area contributed by atoms with Crippen LogP contribution in [0.3, 0.4) is 0 Å². The fourth-order valence-electron chi connectivity index (χ4n) is 1.41. The number of carbonyl (C=O) groups is 1. The van der Waals surface area contributed by atoms with Crippen LogP contribution in [0.25, 0.3) is 5.57 Å². The molecule has 0 aliphatic rings. The molecule has 0 unspecified atom stereocenters. The lowest BCUT2D eigenvalue weighted by molar-refractivity contribution is -0.106. The van der Waals surface area contributed by atoms with Crippen molar-refractivity contribution in [2.45, 2.75) is 4.90 Å². The third-order valence-electron chi connectivity index (χ3n) is 2.32. The van der Waals surface area contributed by atoms with Gasteiger partial charge in [0.1, 0.15) is 0 Å². The molecule has 2 aromatic rings. The van der Waals surface area contributed by atoms with Crippen molar-refractivity contribution in [3.05, 3.63) is 72.8 Å². The Labute approximate surface area is 105 Å². The van der Waals surface area contributed by atoms with Crippen molar-refractivity contribution >= 4 is 22.5 Å². The van der Waals surface area contributed by atoms with Gasteiger partial charge in [0.2, 0.25) is 5.12 Å². The third kappa shape index (κ3) is 3.08. The van der Waals surface area contributed by atoms with Gasteiger partial charge in [-0.2, -0.15) is 0 Å². The zero-order chi connectivity index (χ0) is 12.1. The van der Waals surface area contributed by atoms with Crippen molar-refractivity contribution in [3.63, 3.8) is 0 Å². The van der Waals surface area contributed by atoms with Crippen molar-refractivity contribution in [3.8, 4) is 0 Å². The summed E-state index contributed by atoms with van der Waals surface area (Å²) in [5.74, 6) is 0. The van der Waals surface area contributed by atoms with E-state index in [0.29, 0.717) is 5.57 Å². The first-order chi connectivity index (χ1) is 8.27.